The molecule has 0 fully saturated rings. The van der Waals surface area contributed by atoms with Crippen LogP contribution in [-0.4, -0.2) is 40.5 Å². The van der Waals surface area contributed by atoms with Gasteiger partial charge in [-0.25, -0.2) is 4.79 Å². The zero-order valence-corrected chi connectivity index (χ0v) is 10.2. The van der Waals surface area contributed by atoms with Gasteiger partial charge >= 0.3 is 5.97 Å². The fourth-order valence-corrected chi connectivity index (χ4v) is 1.49. The number of hydrogen-bond acceptors (Lipinski definition) is 4. The first-order valence-electron chi connectivity index (χ1n) is 4.70. The number of carboxylic acids is 1. The third kappa shape index (κ3) is 3.74. The number of rotatable bonds is 5. The SMILES string of the molecule is O=C(O)c1cc(Cl)c(Cl)cc1NCC(O)CO. The van der Waals surface area contributed by atoms with E-state index in [2.05, 4.69) is 5.32 Å². The second kappa shape index (κ2) is 6.07. The maximum Gasteiger partial charge on any atom is 0.337 e. The number of carbonyl (C=O) groups is 1. The summed E-state index contributed by atoms with van der Waals surface area (Å²) in [6, 6.07) is 2.58. The molecule has 4 N–H and O–H groups in total. The van der Waals surface area contributed by atoms with Crippen LogP contribution in [0.15, 0.2) is 12.1 Å². The van der Waals surface area contributed by atoms with Gasteiger partial charge in [-0.05, 0) is 12.1 Å². The van der Waals surface area contributed by atoms with Crippen molar-refractivity contribution >= 4 is 34.9 Å². The third-order valence-electron chi connectivity index (χ3n) is 2.03. The van der Waals surface area contributed by atoms with Crippen molar-refractivity contribution in [3.63, 3.8) is 0 Å². The van der Waals surface area contributed by atoms with E-state index in [1.165, 1.54) is 12.1 Å². The molecule has 7 heteroatoms. The Bertz CT molecular complexity index is 425. The van der Waals surface area contributed by atoms with Crippen molar-refractivity contribution in [3.8, 4) is 0 Å². The van der Waals surface area contributed by atoms with Crippen LogP contribution in [0.2, 0.25) is 10.0 Å². The molecule has 17 heavy (non-hydrogen) atoms. The van der Waals surface area contributed by atoms with Crippen molar-refractivity contribution in [3.05, 3.63) is 27.7 Å². The highest BCUT2D eigenvalue weighted by Crippen LogP contribution is 2.29. The summed E-state index contributed by atoms with van der Waals surface area (Å²) in [6.07, 6.45) is -0.980. The number of aliphatic hydroxyl groups excluding tert-OH is 2. The Balaban J connectivity index is 2.96. The lowest BCUT2D eigenvalue weighted by molar-refractivity contribution is 0.0697. The summed E-state index contributed by atoms with van der Waals surface area (Å²) in [4.78, 5) is 10.9. The lowest BCUT2D eigenvalue weighted by Gasteiger charge is -2.13. The molecule has 1 aromatic rings. The molecule has 0 saturated carbocycles. The fourth-order valence-electron chi connectivity index (χ4n) is 1.16. The molecule has 0 bridgehead atoms. The first-order chi connectivity index (χ1) is 7.95. The molecule has 5 nitrogen and oxygen atoms in total. The van der Waals surface area contributed by atoms with Crippen molar-refractivity contribution in [2.75, 3.05) is 18.5 Å². The summed E-state index contributed by atoms with van der Waals surface area (Å²) >= 11 is 11.5. The van der Waals surface area contributed by atoms with E-state index in [4.69, 9.17) is 38.5 Å². The first-order valence-corrected chi connectivity index (χ1v) is 5.46. The average Bonchev–Trinajstić information content (AvgIpc) is 2.29. The van der Waals surface area contributed by atoms with Crippen molar-refractivity contribution in [2.24, 2.45) is 0 Å². The number of anilines is 1. The number of aliphatic hydroxyl groups is 2. The molecule has 0 spiro atoms. The lowest BCUT2D eigenvalue weighted by Crippen LogP contribution is -2.23. The van der Waals surface area contributed by atoms with Crippen molar-refractivity contribution in [1.29, 1.82) is 0 Å². The Kier molecular flexibility index (Phi) is 5.02. The lowest BCUT2D eigenvalue weighted by atomic mass is 10.1. The Morgan fingerprint density at radius 2 is 1.94 bits per heavy atom. The summed E-state index contributed by atoms with van der Waals surface area (Å²) < 4.78 is 0. The molecule has 0 aliphatic carbocycles. The van der Waals surface area contributed by atoms with Crippen LogP contribution in [-0.2, 0) is 0 Å². The maximum absolute atomic E-state index is 10.9. The molecular formula is C10H11Cl2NO4. The summed E-state index contributed by atoms with van der Waals surface area (Å²) in [6.45, 7) is -0.411. The van der Waals surface area contributed by atoms with Gasteiger partial charge in [0.15, 0.2) is 0 Å². The average molecular weight is 280 g/mol. The van der Waals surface area contributed by atoms with Crippen molar-refractivity contribution in [2.45, 2.75) is 6.10 Å². The van der Waals surface area contributed by atoms with Gasteiger partial charge in [-0.1, -0.05) is 23.2 Å². The van der Waals surface area contributed by atoms with Crippen LogP contribution in [0.5, 0.6) is 0 Å². The third-order valence-corrected chi connectivity index (χ3v) is 2.75. The zero-order valence-electron chi connectivity index (χ0n) is 8.65. The van der Waals surface area contributed by atoms with Crippen molar-refractivity contribution in [1.82, 2.24) is 0 Å². The largest absolute Gasteiger partial charge is 0.478 e. The van der Waals surface area contributed by atoms with Crippen LogP contribution in [0.25, 0.3) is 0 Å². The summed E-state index contributed by atoms with van der Waals surface area (Å²) in [7, 11) is 0. The Labute approximate surface area is 108 Å². The Morgan fingerprint density at radius 1 is 1.35 bits per heavy atom. The molecule has 94 valence electrons. The summed E-state index contributed by atoms with van der Waals surface area (Å²) in [5.41, 5.74) is 0.184. The van der Waals surface area contributed by atoms with Crippen LogP contribution in [0.3, 0.4) is 0 Å². The van der Waals surface area contributed by atoms with Gasteiger partial charge in [0, 0.05) is 6.54 Å². The van der Waals surface area contributed by atoms with Gasteiger partial charge in [-0.15, -0.1) is 0 Å². The van der Waals surface area contributed by atoms with Gasteiger partial charge in [-0.2, -0.15) is 0 Å². The minimum absolute atomic E-state index is 0.00867. The molecular weight excluding hydrogens is 269 g/mol. The van der Waals surface area contributed by atoms with Crippen LogP contribution in [0.1, 0.15) is 10.4 Å². The number of halogens is 2. The van der Waals surface area contributed by atoms with Crippen LogP contribution < -0.4 is 5.32 Å². The van der Waals surface area contributed by atoms with Gasteiger partial charge in [0.25, 0.3) is 0 Å². The molecule has 0 heterocycles. The Morgan fingerprint density at radius 3 is 2.47 bits per heavy atom. The smallest absolute Gasteiger partial charge is 0.337 e. The van der Waals surface area contributed by atoms with E-state index in [-0.39, 0.29) is 27.8 Å². The maximum atomic E-state index is 10.9. The molecule has 0 aliphatic heterocycles. The second-order valence-corrected chi connectivity index (χ2v) is 4.15. The van der Waals surface area contributed by atoms with E-state index in [0.29, 0.717) is 0 Å². The van der Waals surface area contributed by atoms with Gasteiger partial charge in [0.1, 0.15) is 0 Å². The fraction of sp³-hybridized carbons (Fsp3) is 0.300. The van der Waals surface area contributed by atoms with Gasteiger partial charge in [-0.3, -0.25) is 0 Å². The number of hydrogen-bond donors (Lipinski definition) is 4. The predicted molar refractivity (Wildman–Crippen MR) is 65.0 cm³/mol. The van der Waals surface area contributed by atoms with E-state index in [9.17, 15) is 4.79 Å². The first kappa shape index (κ1) is 14.1. The molecule has 1 atom stereocenters. The Hall–Kier alpha value is -1.01. The molecule has 1 rings (SSSR count). The molecule has 0 radical (unpaired) electrons. The predicted octanol–water partition coefficient (Wildman–Crippen LogP) is 1.46. The van der Waals surface area contributed by atoms with E-state index in [0.717, 1.165) is 0 Å². The molecule has 1 aromatic carbocycles. The number of nitrogens with one attached hydrogen (secondary N) is 1. The van der Waals surface area contributed by atoms with Crippen molar-refractivity contribution < 1.29 is 20.1 Å². The number of benzene rings is 1. The van der Waals surface area contributed by atoms with E-state index in [1.54, 1.807) is 0 Å². The quantitative estimate of drug-likeness (QED) is 0.655. The summed E-state index contributed by atoms with van der Waals surface area (Å²) in [5, 5.41) is 29.8. The van der Waals surface area contributed by atoms with Gasteiger partial charge < -0.3 is 20.6 Å². The number of aromatic carboxylic acids is 1. The van der Waals surface area contributed by atoms with Crippen LogP contribution in [0, 0.1) is 0 Å². The highest BCUT2D eigenvalue weighted by atomic mass is 35.5. The minimum Gasteiger partial charge on any atom is -0.478 e. The summed E-state index contributed by atoms with van der Waals surface area (Å²) in [5.74, 6) is -1.16. The van der Waals surface area contributed by atoms with Gasteiger partial charge in [0.05, 0.1) is 34.0 Å². The van der Waals surface area contributed by atoms with Crippen LogP contribution >= 0.6 is 23.2 Å². The minimum atomic E-state index is -1.16. The van der Waals surface area contributed by atoms with E-state index in [1.807, 2.05) is 0 Å². The normalized spacial score (nSPS) is 12.2. The highest BCUT2D eigenvalue weighted by molar-refractivity contribution is 6.42. The second-order valence-electron chi connectivity index (χ2n) is 3.33. The standard InChI is InChI=1S/C10H11Cl2NO4/c11-7-1-6(10(16)17)9(2-8(7)12)13-3-5(15)4-14/h1-2,5,13-15H,3-4H2,(H,16,17). The molecule has 0 aliphatic rings. The molecule has 0 amide bonds. The highest BCUT2D eigenvalue weighted by Gasteiger charge is 2.14. The zero-order chi connectivity index (χ0) is 13.0. The molecule has 1 unspecified atom stereocenters. The number of carboxylic acid groups (broad SMARTS) is 1. The van der Waals surface area contributed by atoms with Gasteiger partial charge in [0.2, 0.25) is 0 Å². The van der Waals surface area contributed by atoms with E-state index < -0.39 is 18.7 Å². The monoisotopic (exact) mass is 279 g/mol. The van der Waals surface area contributed by atoms with E-state index >= 15 is 0 Å². The molecule has 0 aromatic heterocycles. The molecule has 0 saturated heterocycles. The van der Waals surface area contributed by atoms with Crippen LogP contribution in [0.4, 0.5) is 5.69 Å². The topological polar surface area (TPSA) is 89.8 Å².